The Morgan fingerprint density at radius 3 is 3.04 bits per heavy atom. The molecule has 0 unspecified atom stereocenters. The largest absolute Gasteiger partial charge is 0.345 e. The van der Waals surface area contributed by atoms with E-state index in [0.717, 1.165) is 46.5 Å². The van der Waals surface area contributed by atoms with E-state index in [0.29, 0.717) is 0 Å². The van der Waals surface area contributed by atoms with Gasteiger partial charge < -0.3 is 4.98 Å². The van der Waals surface area contributed by atoms with Crippen LogP contribution in [0.3, 0.4) is 0 Å². The van der Waals surface area contributed by atoms with Crippen molar-refractivity contribution >= 4 is 22.7 Å². The number of nitrogens with zero attached hydrogens (tertiary/aromatic N) is 6. The van der Waals surface area contributed by atoms with Crippen LogP contribution in [0, 0.1) is 0 Å². The van der Waals surface area contributed by atoms with Gasteiger partial charge in [-0.15, -0.1) is 0 Å². The van der Waals surface area contributed by atoms with E-state index in [1.807, 2.05) is 42.6 Å². The zero-order valence-corrected chi connectivity index (χ0v) is 13.1. The lowest BCUT2D eigenvalue weighted by atomic mass is 9.98. The Hall–Kier alpha value is -3.22. The predicted octanol–water partition coefficient (Wildman–Crippen LogP) is 2.50. The molecule has 24 heavy (non-hydrogen) atoms. The molecule has 1 N–H and O–H groups in total. The van der Waals surface area contributed by atoms with Crippen molar-refractivity contribution < 1.29 is 0 Å². The van der Waals surface area contributed by atoms with Crippen LogP contribution in [-0.4, -0.2) is 34.5 Å². The van der Waals surface area contributed by atoms with Crippen LogP contribution in [0.5, 0.6) is 0 Å². The number of fused-ring (bicyclic) bond motifs is 2. The van der Waals surface area contributed by atoms with Crippen molar-refractivity contribution in [2.45, 2.75) is 13.0 Å². The normalized spacial score (nSPS) is 14.0. The van der Waals surface area contributed by atoms with E-state index in [9.17, 15) is 0 Å². The van der Waals surface area contributed by atoms with Crippen molar-refractivity contribution in [2.24, 2.45) is 7.05 Å². The van der Waals surface area contributed by atoms with Gasteiger partial charge in [0, 0.05) is 43.3 Å². The van der Waals surface area contributed by atoms with Crippen LogP contribution in [0.2, 0.25) is 0 Å². The minimum atomic E-state index is 0.846. The van der Waals surface area contributed by atoms with Crippen molar-refractivity contribution in [3.63, 3.8) is 0 Å². The highest BCUT2D eigenvalue weighted by atomic mass is 15.3. The molecule has 5 heterocycles. The van der Waals surface area contributed by atoms with Crippen LogP contribution in [0.4, 0.5) is 0 Å². The van der Waals surface area contributed by atoms with Crippen molar-refractivity contribution in [3.05, 3.63) is 48.4 Å². The molecule has 0 saturated heterocycles. The van der Waals surface area contributed by atoms with E-state index < -0.39 is 0 Å². The topological polar surface area (TPSA) is 77.2 Å². The third kappa shape index (κ3) is 1.91. The molecule has 4 aromatic heterocycles. The molecule has 0 radical (unpaired) electrons. The first-order valence-electron chi connectivity index (χ1n) is 7.83. The lowest BCUT2D eigenvalue weighted by Crippen LogP contribution is -2.07. The third-order valence-electron chi connectivity index (χ3n) is 4.46. The SMILES string of the molecule is Cn1cc(-c2ncnc3[nH]cc(C4=Cc5ccnn5CC4)c23)cn1. The molecule has 1 aliphatic heterocycles. The van der Waals surface area contributed by atoms with E-state index in [1.165, 1.54) is 5.57 Å². The number of allylic oxidation sites excluding steroid dienone is 1. The highest BCUT2D eigenvalue weighted by molar-refractivity contribution is 6.02. The van der Waals surface area contributed by atoms with Crippen LogP contribution < -0.4 is 0 Å². The first kappa shape index (κ1) is 13.2. The molecular weight excluding hydrogens is 302 g/mol. The number of aromatic amines is 1. The molecule has 0 atom stereocenters. The number of aromatic nitrogens is 7. The molecule has 5 rings (SSSR count). The van der Waals surface area contributed by atoms with Gasteiger partial charge in [0.05, 0.1) is 23.0 Å². The lowest BCUT2D eigenvalue weighted by Gasteiger charge is -2.15. The standard InChI is InChI=1S/C17H15N7/c1-23-9-12(7-22-23)16-15-14(8-18-17(15)20-10-19-16)11-3-5-24-13(6-11)2-4-21-24/h2,4,6-10H,3,5H2,1H3,(H,18,19,20). The zero-order chi connectivity index (χ0) is 16.1. The minimum absolute atomic E-state index is 0.846. The Kier molecular flexibility index (Phi) is 2.70. The Morgan fingerprint density at radius 1 is 1.21 bits per heavy atom. The molecule has 0 aromatic carbocycles. The first-order valence-corrected chi connectivity index (χ1v) is 7.83. The maximum absolute atomic E-state index is 4.52. The number of nitrogens with one attached hydrogen (secondary N) is 1. The summed E-state index contributed by atoms with van der Waals surface area (Å²) in [6, 6.07) is 2.03. The summed E-state index contributed by atoms with van der Waals surface area (Å²) in [5.41, 5.74) is 6.30. The number of hydrogen-bond donors (Lipinski definition) is 1. The van der Waals surface area contributed by atoms with Gasteiger partial charge in [0.2, 0.25) is 0 Å². The second kappa shape index (κ2) is 4.89. The van der Waals surface area contributed by atoms with Crippen molar-refractivity contribution in [1.29, 1.82) is 0 Å². The molecule has 7 heteroatoms. The molecule has 1 aliphatic rings. The molecule has 0 aliphatic carbocycles. The number of aryl methyl sites for hydroxylation is 2. The Balaban J connectivity index is 1.73. The zero-order valence-electron chi connectivity index (χ0n) is 13.1. The van der Waals surface area contributed by atoms with Gasteiger partial charge in [-0.1, -0.05) is 0 Å². The van der Waals surface area contributed by atoms with Gasteiger partial charge in [0.1, 0.15) is 12.0 Å². The fourth-order valence-electron chi connectivity index (χ4n) is 3.32. The fraction of sp³-hybridized carbons (Fsp3) is 0.176. The van der Waals surface area contributed by atoms with Gasteiger partial charge >= 0.3 is 0 Å². The molecule has 0 amide bonds. The van der Waals surface area contributed by atoms with E-state index in [-0.39, 0.29) is 0 Å². The monoisotopic (exact) mass is 317 g/mol. The van der Waals surface area contributed by atoms with E-state index >= 15 is 0 Å². The smallest absolute Gasteiger partial charge is 0.141 e. The van der Waals surface area contributed by atoms with Crippen molar-refractivity contribution in [1.82, 2.24) is 34.5 Å². The number of hydrogen-bond acceptors (Lipinski definition) is 4. The molecule has 0 bridgehead atoms. The Bertz CT molecular complexity index is 1080. The van der Waals surface area contributed by atoms with Crippen molar-refractivity contribution in [3.8, 4) is 11.3 Å². The Labute approximate surface area is 137 Å². The van der Waals surface area contributed by atoms with Gasteiger partial charge in [-0.05, 0) is 24.1 Å². The number of H-pyrrole nitrogens is 1. The average molecular weight is 317 g/mol. The van der Waals surface area contributed by atoms with Crippen LogP contribution in [-0.2, 0) is 13.6 Å². The van der Waals surface area contributed by atoms with Gasteiger partial charge in [0.15, 0.2) is 0 Å². The first-order chi connectivity index (χ1) is 11.8. The summed E-state index contributed by atoms with van der Waals surface area (Å²) >= 11 is 0. The van der Waals surface area contributed by atoms with E-state index in [1.54, 1.807) is 11.0 Å². The second-order valence-corrected chi connectivity index (χ2v) is 5.95. The van der Waals surface area contributed by atoms with E-state index in [4.69, 9.17) is 0 Å². The van der Waals surface area contributed by atoms with Crippen LogP contribution in [0.1, 0.15) is 17.7 Å². The highest BCUT2D eigenvalue weighted by Crippen LogP contribution is 2.35. The molecule has 7 nitrogen and oxygen atoms in total. The summed E-state index contributed by atoms with van der Waals surface area (Å²) in [4.78, 5) is 12.2. The van der Waals surface area contributed by atoms with Gasteiger partial charge in [-0.3, -0.25) is 9.36 Å². The fourth-order valence-corrected chi connectivity index (χ4v) is 3.32. The molecule has 118 valence electrons. The van der Waals surface area contributed by atoms with Crippen LogP contribution >= 0.6 is 0 Å². The van der Waals surface area contributed by atoms with Crippen molar-refractivity contribution in [2.75, 3.05) is 0 Å². The predicted molar refractivity (Wildman–Crippen MR) is 90.8 cm³/mol. The average Bonchev–Trinajstić information content (AvgIpc) is 3.32. The summed E-state index contributed by atoms with van der Waals surface area (Å²) in [5, 5.41) is 9.65. The summed E-state index contributed by atoms with van der Waals surface area (Å²) in [7, 11) is 1.91. The summed E-state index contributed by atoms with van der Waals surface area (Å²) in [5.74, 6) is 0. The quantitative estimate of drug-likeness (QED) is 0.616. The summed E-state index contributed by atoms with van der Waals surface area (Å²) < 4.78 is 3.81. The molecule has 4 aromatic rings. The molecule has 0 fully saturated rings. The maximum Gasteiger partial charge on any atom is 0.141 e. The van der Waals surface area contributed by atoms with Gasteiger partial charge in [-0.25, -0.2) is 9.97 Å². The van der Waals surface area contributed by atoms with Crippen LogP contribution in [0.15, 0.2) is 37.2 Å². The minimum Gasteiger partial charge on any atom is -0.345 e. The molecule has 0 saturated carbocycles. The number of rotatable bonds is 2. The summed E-state index contributed by atoms with van der Waals surface area (Å²) in [6.45, 7) is 0.886. The summed E-state index contributed by atoms with van der Waals surface area (Å²) in [6.07, 6.45) is 12.4. The second-order valence-electron chi connectivity index (χ2n) is 5.95. The third-order valence-corrected chi connectivity index (χ3v) is 4.46. The van der Waals surface area contributed by atoms with E-state index in [2.05, 4.69) is 31.2 Å². The van der Waals surface area contributed by atoms with Gasteiger partial charge in [-0.2, -0.15) is 10.2 Å². The molecule has 0 spiro atoms. The van der Waals surface area contributed by atoms with Crippen LogP contribution in [0.25, 0.3) is 33.9 Å². The van der Waals surface area contributed by atoms with Gasteiger partial charge in [0.25, 0.3) is 0 Å². The molecular formula is C17H15N7. The Morgan fingerprint density at radius 2 is 2.17 bits per heavy atom. The highest BCUT2D eigenvalue weighted by Gasteiger charge is 2.19. The maximum atomic E-state index is 4.52. The lowest BCUT2D eigenvalue weighted by molar-refractivity contribution is 0.616.